The molecule has 4 amide bonds. The number of pyridine rings is 1. The van der Waals surface area contributed by atoms with E-state index in [0.29, 0.717) is 17.3 Å². The van der Waals surface area contributed by atoms with Gasteiger partial charge in [-0.05, 0) is 48.9 Å². The van der Waals surface area contributed by atoms with Crippen molar-refractivity contribution >= 4 is 46.1 Å². The molecular formula is C34H35N7O5. The summed E-state index contributed by atoms with van der Waals surface area (Å²) in [5.74, 6) is 0.234. The lowest BCUT2D eigenvalue weighted by Crippen LogP contribution is -2.33. The molecule has 0 aliphatic carbocycles. The third-order valence-electron chi connectivity index (χ3n) is 6.99. The lowest BCUT2D eigenvalue weighted by molar-refractivity contribution is -0.135. The Kier molecular flexibility index (Phi) is 9.17. The van der Waals surface area contributed by atoms with Gasteiger partial charge in [0.1, 0.15) is 30.5 Å². The first-order chi connectivity index (χ1) is 22.0. The van der Waals surface area contributed by atoms with Gasteiger partial charge in [-0.15, -0.1) is 0 Å². The molecule has 3 aromatic carbocycles. The highest BCUT2D eigenvalue weighted by Gasteiger charge is 2.22. The van der Waals surface area contributed by atoms with E-state index in [-0.39, 0.29) is 17.8 Å². The summed E-state index contributed by atoms with van der Waals surface area (Å²) in [6.45, 7) is 7.89. The number of nitrogens with one attached hydrogen (secondary N) is 4. The quantitative estimate of drug-likeness (QED) is 0.126. The predicted octanol–water partition coefficient (Wildman–Crippen LogP) is 6.46. The maximum Gasteiger partial charge on any atom is 0.324 e. The first-order valence-corrected chi connectivity index (χ1v) is 14.6. The zero-order valence-corrected chi connectivity index (χ0v) is 25.9. The van der Waals surface area contributed by atoms with Crippen molar-refractivity contribution in [1.82, 2.24) is 20.1 Å². The summed E-state index contributed by atoms with van der Waals surface area (Å²) in [6, 6.07) is 23.2. The van der Waals surface area contributed by atoms with E-state index in [2.05, 4.69) is 47.0 Å². The molecule has 0 bridgehead atoms. The van der Waals surface area contributed by atoms with Crippen LogP contribution in [0.15, 0.2) is 85.1 Å². The van der Waals surface area contributed by atoms with Crippen LogP contribution in [0, 0.1) is 6.92 Å². The van der Waals surface area contributed by atoms with Gasteiger partial charge in [0.05, 0.1) is 17.1 Å². The van der Waals surface area contributed by atoms with Crippen LogP contribution in [0.5, 0.6) is 5.75 Å². The molecule has 5 N–H and O–H groups in total. The molecule has 2 heterocycles. The predicted molar refractivity (Wildman–Crippen MR) is 177 cm³/mol. The van der Waals surface area contributed by atoms with Gasteiger partial charge in [-0.25, -0.2) is 19.3 Å². The van der Waals surface area contributed by atoms with Gasteiger partial charge in [0.25, 0.3) is 0 Å². The lowest BCUT2D eigenvalue weighted by atomic mass is 9.92. The number of aryl methyl sites for hydroxylation is 1. The number of urea groups is 2. The summed E-state index contributed by atoms with van der Waals surface area (Å²) in [5.41, 5.74) is 3.91. The fourth-order valence-electron chi connectivity index (χ4n) is 4.61. The van der Waals surface area contributed by atoms with Crippen LogP contribution in [-0.4, -0.2) is 44.4 Å². The zero-order valence-electron chi connectivity index (χ0n) is 25.9. The molecule has 0 aliphatic heterocycles. The van der Waals surface area contributed by atoms with Gasteiger partial charge in [0, 0.05) is 28.5 Å². The van der Waals surface area contributed by atoms with Crippen LogP contribution < -0.4 is 26.0 Å². The molecule has 0 radical (unpaired) electrons. The van der Waals surface area contributed by atoms with Crippen LogP contribution in [0.1, 0.15) is 37.6 Å². The van der Waals surface area contributed by atoms with Crippen LogP contribution in [0.25, 0.3) is 16.5 Å². The maximum atomic E-state index is 13.3. The minimum atomic E-state index is -1.15. The zero-order chi connectivity index (χ0) is 32.8. The minimum absolute atomic E-state index is 0.171. The van der Waals surface area contributed by atoms with Crippen LogP contribution in [-0.2, 0) is 16.8 Å². The van der Waals surface area contributed by atoms with Gasteiger partial charge in [-0.2, -0.15) is 5.10 Å². The molecule has 5 rings (SSSR count). The maximum absolute atomic E-state index is 13.3. The molecular weight excluding hydrogens is 586 g/mol. The van der Waals surface area contributed by atoms with Crippen molar-refractivity contribution in [3.05, 3.63) is 102 Å². The van der Waals surface area contributed by atoms with E-state index in [4.69, 9.17) is 14.9 Å². The molecule has 0 saturated heterocycles. The van der Waals surface area contributed by atoms with Crippen LogP contribution in [0.2, 0.25) is 0 Å². The number of aromatic nitrogens is 3. The molecule has 5 aromatic rings. The molecule has 0 spiro atoms. The van der Waals surface area contributed by atoms with Gasteiger partial charge in [-0.3, -0.25) is 15.4 Å². The number of carboxylic acids is 1. The number of hydrogen-bond acceptors (Lipinski definition) is 6. The standard InChI is InChI=1S/C34H35N7O5/c1-21-9-11-23(12-10-21)41-30(18-28(40-41)34(2,3)4)39-33(45)37-26-13-14-27(25-8-6-5-7-24(25)26)46-20-22-15-16-35-29(17-22)38-32(44)36-19-31(42)43/h5-18H,19-20H2,1-4H3,(H,42,43)(H2,37,39,45)(H2,35,36,38,44). The number of carbonyl (C=O) groups excluding carboxylic acids is 2. The van der Waals surface area contributed by atoms with Crippen molar-refractivity contribution in [1.29, 1.82) is 0 Å². The van der Waals surface area contributed by atoms with E-state index in [0.717, 1.165) is 33.3 Å². The minimum Gasteiger partial charge on any atom is -0.488 e. The number of hydrogen-bond donors (Lipinski definition) is 5. The second-order valence-corrected chi connectivity index (χ2v) is 11.7. The number of aliphatic carboxylic acids is 1. The van der Waals surface area contributed by atoms with Crippen molar-refractivity contribution in [3.63, 3.8) is 0 Å². The summed E-state index contributed by atoms with van der Waals surface area (Å²) in [7, 11) is 0. The molecule has 2 aromatic heterocycles. The summed E-state index contributed by atoms with van der Waals surface area (Å²) in [6.07, 6.45) is 1.52. The van der Waals surface area contributed by atoms with E-state index in [1.54, 1.807) is 28.9 Å². The van der Waals surface area contributed by atoms with Crippen LogP contribution >= 0.6 is 0 Å². The molecule has 12 heteroatoms. The molecule has 46 heavy (non-hydrogen) atoms. The Hall–Kier alpha value is -5.91. The number of rotatable bonds is 9. The lowest BCUT2D eigenvalue weighted by Gasteiger charge is -2.15. The Balaban J connectivity index is 1.31. The largest absolute Gasteiger partial charge is 0.488 e. The fourth-order valence-corrected chi connectivity index (χ4v) is 4.61. The number of nitrogens with zero attached hydrogens (tertiary/aromatic N) is 3. The molecule has 236 valence electrons. The molecule has 12 nitrogen and oxygen atoms in total. The molecule has 0 saturated carbocycles. The van der Waals surface area contributed by atoms with E-state index >= 15 is 0 Å². The van der Waals surface area contributed by atoms with Gasteiger partial charge >= 0.3 is 18.0 Å². The van der Waals surface area contributed by atoms with Crippen LogP contribution in [0.3, 0.4) is 0 Å². The van der Waals surface area contributed by atoms with Crippen molar-refractivity contribution in [2.75, 3.05) is 22.5 Å². The Labute approximate surface area is 265 Å². The molecule has 0 atom stereocenters. The van der Waals surface area contributed by atoms with Crippen LogP contribution in [0.4, 0.5) is 26.9 Å². The highest BCUT2D eigenvalue weighted by atomic mass is 16.5. The van der Waals surface area contributed by atoms with E-state index in [1.807, 2.05) is 61.5 Å². The molecule has 0 aliphatic rings. The third-order valence-corrected chi connectivity index (χ3v) is 6.99. The molecule has 0 unspecified atom stereocenters. The van der Waals surface area contributed by atoms with Crippen molar-refractivity contribution in [2.24, 2.45) is 0 Å². The van der Waals surface area contributed by atoms with E-state index in [9.17, 15) is 14.4 Å². The number of ether oxygens (including phenoxy) is 1. The highest BCUT2D eigenvalue weighted by molar-refractivity contribution is 6.07. The first-order valence-electron chi connectivity index (χ1n) is 14.6. The number of carboxylic acid groups (broad SMARTS) is 1. The number of amides is 4. The Morgan fingerprint density at radius 3 is 2.33 bits per heavy atom. The van der Waals surface area contributed by atoms with Crippen molar-refractivity contribution in [2.45, 2.75) is 39.7 Å². The summed E-state index contributed by atoms with van der Waals surface area (Å²) in [5, 5.41) is 25.8. The van der Waals surface area contributed by atoms with Gasteiger partial charge in [-0.1, -0.05) is 62.7 Å². The second kappa shape index (κ2) is 13.4. The molecule has 0 fully saturated rings. The topological polar surface area (TPSA) is 160 Å². The summed E-state index contributed by atoms with van der Waals surface area (Å²) >= 11 is 0. The smallest absolute Gasteiger partial charge is 0.324 e. The first kappa shape index (κ1) is 31.5. The summed E-state index contributed by atoms with van der Waals surface area (Å²) in [4.78, 5) is 40.0. The number of benzene rings is 3. The highest BCUT2D eigenvalue weighted by Crippen LogP contribution is 2.33. The Morgan fingerprint density at radius 1 is 0.870 bits per heavy atom. The SMILES string of the molecule is Cc1ccc(-n2nc(C(C)(C)C)cc2NC(=O)Nc2ccc(OCc3ccnc(NC(=O)NCC(=O)O)c3)c3ccccc23)cc1. The van der Waals surface area contributed by atoms with E-state index in [1.165, 1.54) is 6.20 Å². The number of fused-ring (bicyclic) bond motifs is 1. The normalized spacial score (nSPS) is 11.1. The number of carbonyl (C=O) groups is 3. The Morgan fingerprint density at radius 2 is 1.61 bits per heavy atom. The van der Waals surface area contributed by atoms with Crippen molar-refractivity contribution in [3.8, 4) is 11.4 Å². The van der Waals surface area contributed by atoms with Gasteiger partial charge < -0.3 is 20.5 Å². The van der Waals surface area contributed by atoms with Crippen molar-refractivity contribution < 1.29 is 24.2 Å². The van der Waals surface area contributed by atoms with Gasteiger partial charge in [0.2, 0.25) is 0 Å². The van der Waals surface area contributed by atoms with E-state index < -0.39 is 24.6 Å². The second-order valence-electron chi connectivity index (χ2n) is 11.7. The third kappa shape index (κ3) is 7.78. The monoisotopic (exact) mass is 621 g/mol. The summed E-state index contributed by atoms with van der Waals surface area (Å²) < 4.78 is 7.87. The average molecular weight is 622 g/mol. The fraction of sp³-hybridized carbons (Fsp3) is 0.206. The van der Waals surface area contributed by atoms with Gasteiger partial charge in [0.15, 0.2) is 0 Å². The Bertz CT molecular complexity index is 1890. The average Bonchev–Trinajstić information content (AvgIpc) is 3.44. The number of anilines is 3.